The molecule has 2 amide bonds. The molecular formula is C25H24FN3O2. The van der Waals surface area contributed by atoms with Gasteiger partial charge < -0.3 is 15.5 Å². The molecule has 2 saturated heterocycles. The zero-order valence-electron chi connectivity index (χ0n) is 17.5. The molecule has 0 spiro atoms. The van der Waals surface area contributed by atoms with E-state index in [0.29, 0.717) is 31.7 Å². The summed E-state index contributed by atoms with van der Waals surface area (Å²) in [6, 6.07) is 9.17. The molecule has 3 aliphatic rings. The standard InChI is InChI=1S/C25H24FN3O2/c1-2-6-22(30)29-10-5-8-16-13-28(14-21(16)29)24-20(26)12-19(25(27)31)18-11-15-7-3-4-9-17(15)23(18)24/h3-4,7,9,12,16,21H,5,8,10-11,13-14H2,1H3,(H2,27,31). The number of hydrogen-bond donors (Lipinski definition) is 1. The third kappa shape index (κ3) is 3.07. The van der Waals surface area contributed by atoms with E-state index in [-0.39, 0.29) is 23.4 Å². The monoisotopic (exact) mass is 417 g/mol. The summed E-state index contributed by atoms with van der Waals surface area (Å²) in [5, 5.41) is 0. The van der Waals surface area contributed by atoms with Gasteiger partial charge in [0.05, 0.1) is 11.7 Å². The number of halogens is 1. The minimum Gasteiger partial charge on any atom is -0.366 e. The maximum absolute atomic E-state index is 15.5. The first kappa shape index (κ1) is 19.6. The quantitative estimate of drug-likeness (QED) is 0.652. The molecule has 2 fully saturated rings. The van der Waals surface area contributed by atoms with E-state index in [0.717, 1.165) is 35.1 Å². The lowest BCUT2D eigenvalue weighted by Crippen LogP contribution is -2.48. The fourth-order valence-corrected chi connectivity index (χ4v) is 5.58. The highest BCUT2D eigenvalue weighted by atomic mass is 19.1. The Morgan fingerprint density at radius 1 is 1.23 bits per heavy atom. The summed E-state index contributed by atoms with van der Waals surface area (Å²) < 4.78 is 15.5. The average molecular weight is 417 g/mol. The number of rotatable bonds is 2. The van der Waals surface area contributed by atoms with Crippen LogP contribution in [0.5, 0.6) is 0 Å². The van der Waals surface area contributed by atoms with Gasteiger partial charge in [0.2, 0.25) is 5.91 Å². The number of nitrogens with zero attached hydrogens (tertiary/aromatic N) is 2. The molecule has 2 heterocycles. The van der Waals surface area contributed by atoms with Crippen molar-refractivity contribution in [2.45, 2.75) is 32.2 Å². The van der Waals surface area contributed by atoms with Crippen LogP contribution in [0.2, 0.25) is 0 Å². The molecule has 2 unspecified atom stereocenters. The third-order valence-corrected chi connectivity index (χ3v) is 6.87. The molecule has 2 atom stereocenters. The first-order chi connectivity index (χ1) is 15.0. The largest absolute Gasteiger partial charge is 0.366 e. The van der Waals surface area contributed by atoms with E-state index in [9.17, 15) is 9.59 Å². The lowest BCUT2D eigenvalue weighted by molar-refractivity contribution is -0.129. The second kappa shape index (κ2) is 7.42. The van der Waals surface area contributed by atoms with Crippen molar-refractivity contribution in [1.29, 1.82) is 0 Å². The molecule has 0 radical (unpaired) electrons. The number of likely N-dealkylation sites (tertiary alicyclic amines) is 1. The molecule has 2 aliphatic heterocycles. The summed E-state index contributed by atoms with van der Waals surface area (Å²) in [6.07, 6.45) is 2.49. The van der Waals surface area contributed by atoms with Gasteiger partial charge in [0, 0.05) is 30.8 Å². The zero-order chi connectivity index (χ0) is 21.7. The number of amides is 2. The number of carbonyl (C=O) groups is 2. The van der Waals surface area contributed by atoms with Gasteiger partial charge in [0.25, 0.3) is 5.91 Å². The normalized spacial score (nSPS) is 21.1. The van der Waals surface area contributed by atoms with E-state index in [2.05, 4.69) is 16.7 Å². The van der Waals surface area contributed by atoms with E-state index >= 15 is 4.39 Å². The Morgan fingerprint density at radius 3 is 2.81 bits per heavy atom. The van der Waals surface area contributed by atoms with Crippen LogP contribution in [0.1, 0.15) is 41.3 Å². The van der Waals surface area contributed by atoms with Crippen molar-refractivity contribution in [3.05, 3.63) is 52.8 Å². The van der Waals surface area contributed by atoms with Gasteiger partial charge in [-0.05, 0) is 60.8 Å². The van der Waals surface area contributed by atoms with Crippen LogP contribution in [0, 0.1) is 23.6 Å². The lowest BCUT2D eigenvalue weighted by Gasteiger charge is -2.35. The van der Waals surface area contributed by atoms with E-state index in [1.54, 1.807) is 6.92 Å². The highest BCUT2D eigenvalue weighted by molar-refractivity contribution is 6.01. The van der Waals surface area contributed by atoms with Gasteiger partial charge in [0.1, 0.15) is 5.82 Å². The topological polar surface area (TPSA) is 66.6 Å². The summed E-state index contributed by atoms with van der Waals surface area (Å²) in [4.78, 5) is 28.5. The molecule has 31 heavy (non-hydrogen) atoms. The van der Waals surface area contributed by atoms with E-state index in [1.807, 2.05) is 29.2 Å². The van der Waals surface area contributed by atoms with Crippen molar-refractivity contribution >= 4 is 17.5 Å². The van der Waals surface area contributed by atoms with E-state index in [1.165, 1.54) is 6.07 Å². The van der Waals surface area contributed by atoms with Gasteiger partial charge in [-0.25, -0.2) is 4.39 Å². The highest BCUT2D eigenvalue weighted by Gasteiger charge is 2.43. The Balaban J connectivity index is 1.59. The molecule has 0 bridgehead atoms. The predicted octanol–water partition coefficient (Wildman–Crippen LogP) is 2.95. The molecule has 5 rings (SSSR count). The third-order valence-electron chi connectivity index (χ3n) is 6.87. The van der Waals surface area contributed by atoms with Crippen molar-refractivity contribution in [2.24, 2.45) is 11.7 Å². The van der Waals surface area contributed by atoms with Crippen molar-refractivity contribution in [2.75, 3.05) is 24.5 Å². The molecule has 0 aromatic heterocycles. The summed E-state index contributed by atoms with van der Waals surface area (Å²) in [5.41, 5.74) is 9.95. The summed E-state index contributed by atoms with van der Waals surface area (Å²) in [6.45, 7) is 3.59. The van der Waals surface area contributed by atoms with Crippen LogP contribution < -0.4 is 10.6 Å². The van der Waals surface area contributed by atoms with Crippen molar-refractivity contribution in [3.63, 3.8) is 0 Å². The lowest BCUT2D eigenvalue weighted by atomic mass is 9.92. The number of fused-ring (bicyclic) bond motifs is 4. The SMILES string of the molecule is CC#CC(=O)N1CCCC2CN(c3c(F)cc(C(N)=O)c4c3-c3ccccc3C4)CC21. The van der Waals surface area contributed by atoms with Crippen LogP contribution in [0.3, 0.4) is 0 Å². The van der Waals surface area contributed by atoms with Crippen molar-refractivity contribution < 1.29 is 14.0 Å². The number of benzene rings is 2. The van der Waals surface area contributed by atoms with Crippen molar-refractivity contribution in [1.82, 2.24) is 4.90 Å². The number of anilines is 1. The fourth-order valence-electron chi connectivity index (χ4n) is 5.58. The molecular weight excluding hydrogens is 393 g/mol. The minimum absolute atomic E-state index is 0.0182. The Labute approximate surface area is 181 Å². The average Bonchev–Trinajstić information content (AvgIpc) is 3.34. The van der Waals surface area contributed by atoms with Gasteiger partial charge in [0.15, 0.2) is 0 Å². The number of primary amides is 1. The molecule has 6 heteroatoms. The van der Waals surface area contributed by atoms with Crippen LogP contribution >= 0.6 is 0 Å². The minimum atomic E-state index is -0.612. The molecule has 0 saturated carbocycles. The maximum atomic E-state index is 15.5. The van der Waals surface area contributed by atoms with Gasteiger partial charge in [-0.2, -0.15) is 0 Å². The number of carbonyl (C=O) groups excluding carboxylic acids is 2. The van der Waals surface area contributed by atoms with Gasteiger partial charge >= 0.3 is 0 Å². The Hall–Kier alpha value is -3.33. The van der Waals surface area contributed by atoms with E-state index in [4.69, 9.17) is 5.73 Å². The molecule has 2 N–H and O–H groups in total. The van der Waals surface area contributed by atoms with Crippen LogP contribution in [0.25, 0.3) is 11.1 Å². The Bertz CT molecular complexity index is 1160. The van der Waals surface area contributed by atoms with Gasteiger partial charge in [-0.3, -0.25) is 9.59 Å². The van der Waals surface area contributed by atoms with Gasteiger partial charge in [-0.15, -0.1) is 0 Å². The number of piperidine rings is 1. The van der Waals surface area contributed by atoms with Crippen LogP contribution in [0.4, 0.5) is 10.1 Å². The molecule has 158 valence electrons. The summed E-state index contributed by atoms with van der Waals surface area (Å²) in [5.74, 6) is 4.44. The molecule has 2 aromatic carbocycles. The maximum Gasteiger partial charge on any atom is 0.298 e. The Morgan fingerprint density at radius 2 is 2.03 bits per heavy atom. The first-order valence-corrected chi connectivity index (χ1v) is 10.7. The smallest absolute Gasteiger partial charge is 0.298 e. The zero-order valence-corrected chi connectivity index (χ0v) is 17.5. The molecule has 1 aliphatic carbocycles. The number of hydrogen-bond acceptors (Lipinski definition) is 3. The second-order valence-electron chi connectivity index (χ2n) is 8.55. The van der Waals surface area contributed by atoms with Gasteiger partial charge in [-0.1, -0.05) is 30.2 Å². The first-order valence-electron chi connectivity index (χ1n) is 10.7. The molecule has 2 aromatic rings. The summed E-state index contributed by atoms with van der Waals surface area (Å²) >= 11 is 0. The van der Waals surface area contributed by atoms with Crippen LogP contribution in [-0.2, 0) is 11.2 Å². The van der Waals surface area contributed by atoms with Crippen LogP contribution in [-0.4, -0.2) is 42.4 Å². The van der Waals surface area contributed by atoms with E-state index < -0.39 is 11.7 Å². The highest BCUT2D eigenvalue weighted by Crippen LogP contribution is 2.47. The summed E-state index contributed by atoms with van der Waals surface area (Å²) in [7, 11) is 0. The second-order valence-corrected chi connectivity index (χ2v) is 8.55. The fraction of sp³-hybridized carbons (Fsp3) is 0.360. The predicted molar refractivity (Wildman–Crippen MR) is 117 cm³/mol. The van der Waals surface area contributed by atoms with Crippen molar-refractivity contribution in [3.8, 4) is 23.0 Å². The number of nitrogens with two attached hydrogens (primary N) is 1. The molecule has 5 nitrogen and oxygen atoms in total. The van der Waals surface area contributed by atoms with Crippen LogP contribution in [0.15, 0.2) is 30.3 Å². The Kier molecular flexibility index (Phi) is 4.70.